The molecule has 0 aliphatic carbocycles. The maximum atomic E-state index is 11.6. The highest BCUT2D eigenvalue weighted by Gasteiger charge is 2.19. The molecule has 1 N–H and O–H groups in total. The summed E-state index contributed by atoms with van der Waals surface area (Å²) in [4.78, 5) is 11.6. The van der Waals surface area contributed by atoms with Crippen molar-refractivity contribution in [1.82, 2.24) is 0 Å². The molecular formula is C12H12O4. The number of phenolic OH excluding ortho intramolecular Hbond substituents is 1. The molecule has 0 amide bonds. The maximum Gasteiger partial charge on any atom is 0.342 e. The normalized spacial score (nSPS) is 10.6. The Balaban J connectivity index is 2.63. The first-order chi connectivity index (χ1) is 7.65. The number of hydrogen-bond acceptors (Lipinski definition) is 4. The van der Waals surface area contributed by atoms with Crippen molar-refractivity contribution in [3.05, 3.63) is 29.5 Å². The van der Waals surface area contributed by atoms with Gasteiger partial charge in [0.1, 0.15) is 16.9 Å². The number of furan rings is 1. The molecule has 16 heavy (non-hydrogen) atoms. The van der Waals surface area contributed by atoms with Crippen LogP contribution in [0.1, 0.15) is 22.8 Å². The number of rotatable bonds is 2. The van der Waals surface area contributed by atoms with E-state index < -0.39 is 5.97 Å². The molecular weight excluding hydrogens is 208 g/mol. The van der Waals surface area contributed by atoms with Crippen LogP contribution in [-0.2, 0) is 4.74 Å². The summed E-state index contributed by atoms with van der Waals surface area (Å²) in [7, 11) is 0. The number of ether oxygens (including phenoxy) is 1. The van der Waals surface area contributed by atoms with E-state index in [0.717, 1.165) is 0 Å². The van der Waals surface area contributed by atoms with E-state index in [2.05, 4.69) is 0 Å². The maximum absolute atomic E-state index is 11.6. The summed E-state index contributed by atoms with van der Waals surface area (Å²) in [6.07, 6.45) is 1.47. The lowest BCUT2D eigenvalue weighted by atomic mass is 10.0. The fourth-order valence-electron chi connectivity index (χ4n) is 1.68. The van der Waals surface area contributed by atoms with E-state index in [1.54, 1.807) is 26.0 Å². The predicted octanol–water partition coefficient (Wildman–Crippen LogP) is 2.62. The van der Waals surface area contributed by atoms with Gasteiger partial charge in [0.05, 0.1) is 18.3 Å². The van der Waals surface area contributed by atoms with Crippen molar-refractivity contribution in [2.45, 2.75) is 13.8 Å². The lowest BCUT2D eigenvalue weighted by Gasteiger charge is -2.08. The topological polar surface area (TPSA) is 59.7 Å². The Hall–Kier alpha value is -1.97. The molecule has 1 aromatic carbocycles. The van der Waals surface area contributed by atoms with Gasteiger partial charge in [-0.15, -0.1) is 0 Å². The largest absolute Gasteiger partial charge is 0.506 e. The molecule has 0 saturated carbocycles. The molecule has 0 saturated heterocycles. The van der Waals surface area contributed by atoms with E-state index in [0.29, 0.717) is 16.5 Å². The van der Waals surface area contributed by atoms with Crippen LogP contribution < -0.4 is 0 Å². The monoisotopic (exact) mass is 220 g/mol. The van der Waals surface area contributed by atoms with Gasteiger partial charge in [-0.3, -0.25) is 0 Å². The van der Waals surface area contributed by atoms with Gasteiger partial charge in [-0.1, -0.05) is 0 Å². The van der Waals surface area contributed by atoms with Crippen LogP contribution in [0.2, 0.25) is 0 Å². The van der Waals surface area contributed by atoms with E-state index in [-0.39, 0.29) is 17.9 Å². The highest BCUT2D eigenvalue weighted by Crippen LogP contribution is 2.32. The number of aromatic hydroxyl groups is 1. The van der Waals surface area contributed by atoms with Crippen LogP contribution in [0.3, 0.4) is 0 Å². The third-order valence-electron chi connectivity index (χ3n) is 2.41. The van der Waals surface area contributed by atoms with E-state index in [9.17, 15) is 9.90 Å². The zero-order valence-corrected chi connectivity index (χ0v) is 9.11. The number of carbonyl (C=O) groups excluding carboxylic acids is 1. The van der Waals surface area contributed by atoms with Crippen LogP contribution >= 0.6 is 0 Å². The molecule has 0 radical (unpaired) electrons. The Kier molecular flexibility index (Phi) is 2.56. The SMILES string of the molecule is CCOC(=O)c1c(C)cc2occc2c1O. The van der Waals surface area contributed by atoms with Crippen molar-refractivity contribution in [3.63, 3.8) is 0 Å². The summed E-state index contributed by atoms with van der Waals surface area (Å²) in [5, 5.41) is 10.5. The summed E-state index contributed by atoms with van der Waals surface area (Å²) in [5.41, 5.74) is 1.40. The summed E-state index contributed by atoms with van der Waals surface area (Å²) in [6.45, 7) is 3.73. The molecule has 0 fully saturated rings. The number of esters is 1. The van der Waals surface area contributed by atoms with Crippen LogP contribution in [0.25, 0.3) is 11.0 Å². The van der Waals surface area contributed by atoms with Crippen LogP contribution in [0, 0.1) is 6.92 Å². The molecule has 84 valence electrons. The first-order valence-corrected chi connectivity index (χ1v) is 5.02. The second-order valence-electron chi connectivity index (χ2n) is 3.47. The van der Waals surface area contributed by atoms with E-state index >= 15 is 0 Å². The van der Waals surface area contributed by atoms with Gasteiger partial charge in [0.2, 0.25) is 0 Å². The first kappa shape index (κ1) is 10.5. The Labute approximate surface area is 92.4 Å². The second-order valence-corrected chi connectivity index (χ2v) is 3.47. The number of benzene rings is 1. The first-order valence-electron chi connectivity index (χ1n) is 5.02. The minimum atomic E-state index is -0.513. The number of carbonyl (C=O) groups is 1. The molecule has 0 aliphatic heterocycles. The molecule has 4 nitrogen and oxygen atoms in total. The van der Waals surface area contributed by atoms with Crippen molar-refractivity contribution < 1.29 is 19.1 Å². The number of aryl methyl sites for hydroxylation is 1. The molecule has 0 spiro atoms. The molecule has 2 aromatic rings. The molecule has 0 atom stereocenters. The quantitative estimate of drug-likeness (QED) is 0.790. The standard InChI is InChI=1S/C12H12O4/c1-3-15-12(14)10-7(2)6-9-8(11(10)13)4-5-16-9/h4-6,13H,3H2,1-2H3. The fourth-order valence-corrected chi connectivity index (χ4v) is 1.68. The van der Waals surface area contributed by atoms with Crippen LogP contribution in [0.4, 0.5) is 0 Å². The van der Waals surface area contributed by atoms with Gasteiger partial charge in [0.15, 0.2) is 0 Å². The van der Waals surface area contributed by atoms with E-state index in [1.807, 2.05) is 0 Å². The average Bonchev–Trinajstić information content (AvgIpc) is 2.66. The molecule has 0 unspecified atom stereocenters. The van der Waals surface area contributed by atoms with Crippen molar-refractivity contribution in [3.8, 4) is 5.75 Å². The van der Waals surface area contributed by atoms with E-state index in [4.69, 9.17) is 9.15 Å². The van der Waals surface area contributed by atoms with Crippen molar-refractivity contribution in [2.24, 2.45) is 0 Å². The third-order valence-corrected chi connectivity index (χ3v) is 2.41. The van der Waals surface area contributed by atoms with E-state index in [1.165, 1.54) is 6.26 Å². The zero-order chi connectivity index (χ0) is 11.7. The number of fused-ring (bicyclic) bond motifs is 1. The van der Waals surface area contributed by atoms with Gasteiger partial charge in [0, 0.05) is 0 Å². The van der Waals surface area contributed by atoms with Gasteiger partial charge in [-0.2, -0.15) is 0 Å². The molecule has 4 heteroatoms. The Morgan fingerprint density at radius 3 is 3.00 bits per heavy atom. The zero-order valence-electron chi connectivity index (χ0n) is 9.11. The Morgan fingerprint density at radius 1 is 1.56 bits per heavy atom. The van der Waals surface area contributed by atoms with Gasteiger partial charge < -0.3 is 14.3 Å². The molecule has 1 heterocycles. The molecule has 2 rings (SSSR count). The lowest BCUT2D eigenvalue weighted by Crippen LogP contribution is -2.07. The van der Waals surface area contributed by atoms with Crippen molar-refractivity contribution in [1.29, 1.82) is 0 Å². The number of phenols is 1. The summed E-state index contributed by atoms with van der Waals surface area (Å²) < 4.78 is 10.0. The average molecular weight is 220 g/mol. The Bertz CT molecular complexity index is 539. The minimum absolute atomic E-state index is 0.0813. The summed E-state index contributed by atoms with van der Waals surface area (Å²) in [6, 6.07) is 3.33. The number of hydrogen-bond donors (Lipinski definition) is 1. The summed E-state index contributed by atoms with van der Waals surface area (Å²) >= 11 is 0. The fraction of sp³-hybridized carbons (Fsp3) is 0.250. The van der Waals surface area contributed by atoms with Crippen LogP contribution in [0.5, 0.6) is 5.75 Å². The van der Waals surface area contributed by atoms with Crippen molar-refractivity contribution in [2.75, 3.05) is 6.61 Å². The molecule has 0 bridgehead atoms. The highest BCUT2D eigenvalue weighted by atomic mass is 16.5. The van der Waals surface area contributed by atoms with Gasteiger partial charge in [-0.05, 0) is 31.5 Å². The summed E-state index contributed by atoms with van der Waals surface area (Å²) in [5.74, 6) is -0.595. The minimum Gasteiger partial charge on any atom is -0.506 e. The predicted molar refractivity (Wildman–Crippen MR) is 58.6 cm³/mol. The lowest BCUT2D eigenvalue weighted by molar-refractivity contribution is 0.0522. The van der Waals surface area contributed by atoms with Crippen LogP contribution in [-0.4, -0.2) is 17.7 Å². The molecule has 0 aliphatic rings. The molecule has 1 aromatic heterocycles. The van der Waals surface area contributed by atoms with Gasteiger partial charge in [0.25, 0.3) is 0 Å². The smallest absolute Gasteiger partial charge is 0.342 e. The Morgan fingerprint density at radius 2 is 2.31 bits per heavy atom. The van der Waals surface area contributed by atoms with Crippen LogP contribution in [0.15, 0.2) is 22.8 Å². The highest BCUT2D eigenvalue weighted by molar-refractivity contribution is 6.01. The second kappa shape index (κ2) is 3.89. The van der Waals surface area contributed by atoms with Crippen molar-refractivity contribution >= 4 is 16.9 Å². The van der Waals surface area contributed by atoms with Gasteiger partial charge >= 0.3 is 5.97 Å². The third kappa shape index (κ3) is 1.52. The van der Waals surface area contributed by atoms with Gasteiger partial charge in [-0.25, -0.2) is 4.79 Å².